The number of hydrogen-bond acceptors (Lipinski definition) is 4. The summed E-state index contributed by atoms with van der Waals surface area (Å²) in [5.41, 5.74) is 2.19. The summed E-state index contributed by atoms with van der Waals surface area (Å²) in [4.78, 5) is 14.7. The number of carbonyl (C=O) groups excluding carboxylic acids is 1. The summed E-state index contributed by atoms with van der Waals surface area (Å²) in [5.74, 6) is 0.732. The van der Waals surface area contributed by atoms with E-state index in [2.05, 4.69) is 12.1 Å². The van der Waals surface area contributed by atoms with Crippen molar-refractivity contribution in [1.82, 2.24) is 4.90 Å². The van der Waals surface area contributed by atoms with Crippen molar-refractivity contribution in [1.29, 1.82) is 0 Å². The van der Waals surface area contributed by atoms with Crippen LogP contribution in [0.2, 0.25) is 0 Å². The third kappa shape index (κ3) is 5.60. The standard InChI is InChI=1S/C23H29NO4S/c1-3-18(2)24(21-13-14-29(26,27)17-21)23(25)16-28-22-12-8-7-11-20(22)15-19-9-5-4-6-10-19/h4-12,18,21H,3,13-17H2,1-2H3. The molecule has 2 aromatic rings. The van der Waals surface area contributed by atoms with E-state index >= 15 is 0 Å². The van der Waals surface area contributed by atoms with Crippen LogP contribution in [0.1, 0.15) is 37.8 Å². The van der Waals surface area contributed by atoms with Crippen molar-refractivity contribution in [3.63, 3.8) is 0 Å². The molecule has 3 rings (SSSR count). The molecule has 6 heteroatoms. The molecule has 2 unspecified atom stereocenters. The predicted octanol–water partition coefficient (Wildman–Crippen LogP) is 3.47. The van der Waals surface area contributed by atoms with Crippen molar-refractivity contribution in [2.45, 2.75) is 45.2 Å². The predicted molar refractivity (Wildman–Crippen MR) is 115 cm³/mol. The SMILES string of the molecule is CCC(C)N(C(=O)COc1ccccc1Cc1ccccc1)C1CCS(=O)(=O)C1. The Kier molecular flexibility index (Phi) is 6.96. The van der Waals surface area contributed by atoms with E-state index in [-0.39, 0.29) is 36.1 Å². The van der Waals surface area contributed by atoms with Crippen LogP contribution in [0.25, 0.3) is 0 Å². The Labute approximate surface area is 173 Å². The fourth-order valence-corrected chi connectivity index (χ4v) is 5.53. The van der Waals surface area contributed by atoms with Gasteiger partial charge in [0.25, 0.3) is 5.91 Å². The molecule has 1 heterocycles. The number of hydrogen-bond donors (Lipinski definition) is 0. The van der Waals surface area contributed by atoms with E-state index in [1.165, 1.54) is 5.56 Å². The number of benzene rings is 2. The van der Waals surface area contributed by atoms with Gasteiger partial charge in [-0.15, -0.1) is 0 Å². The Balaban J connectivity index is 1.70. The molecule has 1 aliphatic heterocycles. The summed E-state index contributed by atoms with van der Waals surface area (Å²) in [5, 5.41) is 0. The molecular formula is C23H29NO4S. The van der Waals surface area contributed by atoms with Gasteiger partial charge in [-0.25, -0.2) is 8.42 Å². The average molecular weight is 416 g/mol. The van der Waals surface area contributed by atoms with Crippen LogP contribution in [0.5, 0.6) is 5.75 Å². The van der Waals surface area contributed by atoms with Crippen molar-refractivity contribution >= 4 is 15.7 Å². The fourth-order valence-electron chi connectivity index (χ4n) is 3.82. The van der Waals surface area contributed by atoms with Gasteiger partial charge in [0.05, 0.1) is 11.5 Å². The maximum Gasteiger partial charge on any atom is 0.261 e. The number of sulfone groups is 1. The van der Waals surface area contributed by atoms with Crippen molar-refractivity contribution in [3.05, 3.63) is 65.7 Å². The Morgan fingerprint density at radius 3 is 2.48 bits per heavy atom. The fraction of sp³-hybridized carbons (Fsp3) is 0.435. The molecule has 2 atom stereocenters. The number of ether oxygens (including phenoxy) is 1. The van der Waals surface area contributed by atoms with E-state index < -0.39 is 9.84 Å². The number of rotatable bonds is 8. The average Bonchev–Trinajstić information content (AvgIpc) is 3.07. The molecule has 0 radical (unpaired) electrons. The van der Waals surface area contributed by atoms with Crippen molar-refractivity contribution < 1.29 is 17.9 Å². The minimum atomic E-state index is -3.06. The third-order valence-corrected chi connectivity index (χ3v) is 7.27. The Morgan fingerprint density at radius 1 is 1.14 bits per heavy atom. The summed E-state index contributed by atoms with van der Waals surface area (Å²) in [7, 11) is -3.06. The summed E-state index contributed by atoms with van der Waals surface area (Å²) < 4.78 is 29.7. The van der Waals surface area contributed by atoms with E-state index in [1.54, 1.807) is 4.90 Å². The van der Waals surface area contributed by atoms with Gasteiger partial charge >= 0.3 is 0 Å². The zero-order chi connectivity index (χ0) is 20.9. The van der Waals surface area contributed by atoms with Gasteiger partial charge in [0.2, 0.25) is 0 Å². The lowest BCUT2D eigenvalue weighted by atomic mass is 10.0. The second-order valence-electron chi connectivity index (χ2n) is 7.67. The number of para-hydroxylation sites is 1. The normalized spacial score (nSPS) is 18.9. The second kappa shape index (κ2) is 9.44. The first-order valence-electron chi connectivity index (χ1n) is 10.2. The summed E-state index contributed by atoms with van der Waals surface area (Å²) in [6, 6.07) is 17.6. The largest absolute Gasteiger partial charge is 0.483 e. The highest BCUT2D eigenvalue weighted by molar-refractivity contribution is 7.91. The molecule has 0 bridgehead atoms. The van der Waals surface area contributed by atoms with Crippen molar-refractivity contribution in [2.24, 2.45) is 0 Å². The lowest BCUT2D eigenvalue weighted by Gasteiger charge is -2.33. The van der Waals surface area contributed by atoms with E-state index in [1.807, 2.05) is 56.3 Å². The first kappa shape index (κ1) is 21.4. The van der Waals surface area contributed by atoms with Crippen LogP contribution in [0.4, 0.5) is 0 Å². The number of amides is 1. The molecule has 1 fully saturated rings. The van der Waals surface area contributed by atoms with Crippen LogP contribution in [0.3, 0.4) is 0 Å². The topological polar surface area (TPSA) is 63.7 Å². The van der Waals surface area contributed by atoms with Crippen molar-refractivity contribution in [2.75, 3.05) is 18.1 Å². The van der Waals surface area contributed by atoms with Gasteiger partial charge in [0, 0.05) is 18.5 Å². The first-order valence-corrected chi connectivity index (χ1v) is 12.0. The molecule has 0 aliphatic carbocycles. The summed E-state index contributed by atoms with van der Waals surface area (Å²) in [6.07, 6.45) is 2.00. The zero-order valence-electron chi connectivity index (χ0n) is 17.1. The molecule has 29 heavy (non-hydrogen) atoms. The van der Waals surface area contributed by atoms with Gasteiger partial charge in [-0.2, -0.15) is 0 Å². The maximum absolute atomic E-state index is 13.0. The molecule has 5 nitrogen and oxygen atoms in total. The Bertz CT molecular complexity index is 927. The van der Waals surface area contributed by atoms with Gasteiger partial charge in [-0.1, -0.05) is 55.5 Å². The highest BCUT2D eigenvalue weighted by Gasteiger charge is 2.36. The Hall–Kier alpha value is -2.34. The zero-order valence-corrected chi connectivity index (χ0v) is 17.9. The molecule has 1 saturated heterocycles. The monoisotopic (exact) mass is 415 g/mol. The highest BCUT2D eigenvalue weighted by Crippen LogP contribution is 2.24. The molecule has 156 valence electrons. The van der Waals surface area contributed by atoms with Gasteiger partial charge in [-0.3, -0.25) is 4.79 Å². The molecular weight excluding hydrogens is 386 g/mol. The van der Waals surface area contributed by atoms with Crippen LogP contribution in [0, 0.1) is 0 Å². The molecule has 1 amide bonds. The quantitative estimate of drug-likeness (QED) is 0.662. The number of nitrogens with zero attached hydrogens (tertiary/aromatic N) is 1. The minimum Gasteiger partial charge on any atom is -0.483 e. The first-order chi connectivity index (χ1) is 13.9. The molecule has 1 aliphatic rings. The highest BCUT2D eigenvalue weighted by atomic mass is 32.2. The molecule has 0 N–H and O–H groups in total. The van der Waals surface area contributed by atoms with Crippen LogP contribution in [0.15, 0.2) is 54.6 Å². The summed E-state index contributed by atoms with van der Waals surface area (Å²) in [6.45, 7) is 3.88. The maximum atomic E-state index is 13.0. The molecule has 2 aromatic carbocycles. The third-order valence-electron chi connectivity index (χ3n) is 5.52. The van der Waals surface area contributed by atoms with Gasteiger partial charge in [0.15, 0.2) is 16.4 Å². The lowest BCUT2D eigenvalue weighted by Crippen LogP contribution is -2.48. The van der Waals surface area contributed by atoms with E-state index in [0.29, 0.717) is 12.2 Å². The van der Waals surface area contributed by atoms with Crippen LogP contribution in [-0.2, 0) is 21.1 Å². The molecule has 0 spiro atoms. The molecule has 0 aromatic heterocycles. The molecule has 0 saturated carbocycles. The van der Waals surface area contributed by atoms with Crippen molar-refractivity contribution in [3.8, 4) is 5.75 Å². The van der Waals surface area contributed by atoms with Crippen LogP contribution >= 0.6 is 0 Å². The number of carbonyl (C=O) groups is 1. The minimum absolute atomic E-state index is 0.0241. The van der Waals surface area contributed by atoms with Crippen LogP contribution in [-0.4, -0.2) is 49.4 Å². The van der Waals surface area contributed by atoms with E-state index in [9.17, 15) is 13.2 Å². The summed E-state index contributed by atoms with van der Waals surface area (Å²) >= 11 is 0. The van der Waals surface area contributed by atoms with E-state index in [4.69, 9.17) is 4.74 Å². The second-order valence-corrected chi connectivity index (χ2v) is 9.90. The van der Waals surface area contributed by atoms with Gasteiger partial charge < -0.3 is 9.64 Å². The van der Waals surface area contributed by atoms with Crippen LogP contribution < -0.4 is 4.74 Å². The Morgan fingerprint density at radius 2 is 1.83 bits per heavy atom. The smallest absolute Gasteiger partial charge is 0.261 e. The lowest BCUT2D eigenvalue weighted by molar-refractivity contribution is -0.137. The van der Waals surface area contributed by atoms with E-state index in [0.717, 1.165) is 18.4 Å². The van der Waals surface area contributed by atoms with Gasteiger partial charge in [0.1, 0.15) is 5.75 Å². The van der Waals surface area contributed by atoms with Gasteiger partial charge in [-0.05, 0) is 37.0 Å².